The molecule has 0 aromatic heterocycles. The minimum absolute atomic E-state index is 0. The molecule has 1 aromatic rings. The van der Waals surface area contributed by atoms with Crippen LogP contribution in [0.4, 0.5) is 13.2 Å². The maximum Gasteiger partial charge on any atom is 0.416 e. The molecule has 0 aliphatic heterocycles. The Morgan fingerprint density at radius 1 is 0.514 bits per heavy atom. The van der Waals surface area contributed by atoms with E-state index in [0.29, 0.717) is 0 Å². The number of hydrogen-bond donors (Lipinski definition) is 0. The average Bonchev–Trinajstić information content (AvgIpc) is 2.85. The molecule has 0 aliphatic carbocycles. The summed E-state index contributed by atoms with van der Waals surface area (Å²) in [6, 6.07) is 6.18. The first kappa shape index (κ1) is 36.7. The first-order valence-corrected chi connectivity index (χ1v) is 17.9. The Labute approximate surface area is 235 Å². The smallest absolute Gasteiger partial charge is 0.416 e. The number of rotatable bonds is 23. The summed E-state index contributed by atoms with van der Waals surface area (Å²) in [5.74, 6) is 0. The van der Waals surface area contributed by atoms with Crippen molar-refractivity contribution in [2.24, 2.45) is 0 Å². The maximum absolute atomic E-state index is 13.1. The fourth-order valence-corrected chi connectivity index (χ4v) is 10.3. The van der Waals surface area contributed by atoms with Crippen LogP contribution in [0.5, 0.6) is 0 Å². The van der Waals surface area contributed by atoms with Gasteiger partial charge in [-0.1, -0.05) is 110 Å². The van der Waals surface area contributed by atoms with Crippen molar-refractivity contribution in [3.63, 3.8) is 0 Å². The topological polar surface area (TPSA) is 0 Å². The molecule has 0 unspecified atom stereocenters. The lowest BCUT2D eigenvalue weighted by Crippen LogP contribution is -3.00. The lowest BCUT2D eigenvalue weighted by atomic mass is 10.1. The van der Waals surface area contributed by atoms with Crippen LogP contribution < -0.4 is 12.4 Å². The zero-order valence-electron chi connectivity index (χ0n) is 24.3. The molecule has 0 spiro atoms. The third-order valence-electron chi connectivity index (χ3n) is 7.76. The highest BCUT2D eigenvalue weighted by molar-refractivity contribution is 7.75. The third kappa shape index (κ3) is 17.8. The molecule has 37 heavy (non-hydrogen) atoms. The van der Waals surface area contributed by atoms with Crippen LogP contribution in [-0.2, 0) is 12.3 Å². The van der Waals surface area contributed by atoms with Gasteiger partial charge in [0.1, 0.15) is 0 Å². The summed E-state index contributed by atoms with van der Waals surface area (Å²) >= 11 is 0. The Balaban J connectivity index is 0.0000130. The highest BCUT2D eigenvalue weighted by atomic mass is 35.5. The number of unbranched alkanes of at least 4 members (excludes halogenated alkanes) is 15. The Morgan fingerprint density at radius 3 is 1.16 bits per heavy atom. The Hall–Kier alpha value is -0.270. The molecule has 1 rings (SSSR count). The molecule has 0 amide bonds. The van der Waals surface area contributed by atoms with E-state index < -0.39 is 19.0 Å². The second kappa shape index (κ2) is 22.5. The van der Waals surface area contributed by atoms with Crippen molar-refractivity contribution in [1.29, 1.82) is 0 Å². The predicted molar refractivity (Wildman–Crippen MR) is 157 cm³/mol. The molecule has 0 atom stereocenters. The molecule has 0 radical (unpaired) electrons. The van der Waals surface area contributed by atoms with Crippen LogP contribution in [0.15, 0.2) is 24.3 Å². The van der Waals surface area contributed by atoms with Crippen LogP contribution in [-0.4, -0.2) is 18.5 Å². The van der Waals surface area contributed by atoms with Gasteiger partial charge in [-0.25, -0.2) is 0 Å². The molecule has 0 saturated carbocycles. The van der Waals surface area contributed by atoms with Gasteiger partial charge in [-0.15, -0.1) is 0 Å². The monoisotopic (exact) mass is 564 g/mol. The minimum Gasteiger partial charge on any atom is -1.00 e. The third-order valence-corrected chi connectivity index (χ3v) is 12.6. The summed E-state index contributed by atoms with van der Waals surface area (Å²) in [4.78, 5) is 0. The Bertz CT molecular complexity index is 589. The lowest BCUT2D eigenvalue weighted by Gasteiger charge is -2.29. The van der Waals surface area contributed by atoms with Crippen molar-refractivity contribution < 1.29 is 25.6 Å². The Kier molecular flexibility index (Phi) is 22.4. The Morgan fingerprint density at radius 2 is 0.838 bits per heavy atom. The molecule has 0 fully saturated rings. The van der Waals surface area contributed by atoms with E-state index >= 15 is 0 Å². The number of alkyl halides is 3. The first-order valence-electron chi connectivity index (χ1n) is 15.4. The van der Waals surface area contributed by atoms with Crippen LogP contribution in [0, 0.1) is 0 Å². The lowest BCUT2D eigenvalue weighted by molar-refractivity contribution is -0.137. The first-order chi connectivity index (χ1) is 17.4. The van der Waals surface area contributed by atoms with Gasteiger partial charge in [0.15, 0.2) is 0 Å². The van der Waals surface area contributed by atoms with E-state index in [0.717, 1.165) is 11.7 Å². The maximum atomic E-state index is 13.1. The molecule has 0 bridgehead atoms. The van der Waals surface area contributed by atoms with Gasteiger partial charge in [0.25, 0.3) is 0 Å². The molecular weight excluding hydrogens is 508 g/mol. The minimum atomic E-state index is -4.25. The predicted octanol–water partition coefficient (Wildman–Crippen LogP) is 9.31. The molecule has 218 valence electrons. The number of hydrogen-bond acceptors (Lipinski definition) is 0. The van der Waals surface area contributed by atoms with Crippen molar-refractivity contribution in [2.45, 2.75) is 149 Å². The van der Waals surface area contributed by atoms with E-state index in [4.69, 9.17) is 0 Å². The van der Waals surface area contributed by atoms with Crippen molar-refractivity contribution in [2.75, 3.05) is 18.5 Å². The van der Waals surface area contributed by atoms with Crippen LogP contribution in [0.2, 0.25) is 0 Å². The summed E-state index contributed by atoms with van der Waals surface area (Å²) in [5, 5.41) is 0. The van der Waals surface area contributed by atoms with E-state index in [1.165, 1.54) is 146 Å². The van der Waals surface area contributed by atoms with Crippen molar-refractivity contribution in [3.05, 3.63) is 35.4 Å². The summed E-state index contributed by atoms with van der Waals surface area (Å²) in [6.07, 6.45) is 24.6. The molecule has 0 N–H and O–H groups in total. The zero-order chi connectivity index (χ0) is 26.5. The fourth-order valence-electron chi connectivity index (χ4n) is 5.44. The van der Waals surface area contributed by atoms with Gasteiger partial charge in [-0.2, -0.15) is 13.2 Å². The van der Waals surface area contributed by atoms with Gasteiger partial charge >= 0.3 is 6.18 Å². The van der Waals surface area contributed by atoms with Crippen molar-refractivity contribution in [1.82, 2.24) is 0 Å². The average molecular weight is 565 g/mol. The number of benzene rings is 1. The van der Waals surface area contributed by atoms with E-state index in [-0.39, 0.29) is 12.4 Å². The van der Waals surface area contributed by atoms with Crippen LogP contribution in [0.3, 0.4) is 0 Å². The quantitative estimate of drug-likeness (QED) is 0.0917. The summed E-state index contributed by atoms with van der Waals surface area (Å²) < 4.78 is 39.4. The molecule has 0 nitrogen and oxygen atoms in total. The van der Waals surface area contributed by atoms with Gasteiger partial charge in [0, 0.05) is 7.26 Å². The van der Waals surface area contributed by atoms with E-state index in [1.807, 2.05) is 0 Å². The SMILES string of the molecule is CCCCCCCC[P+](CCCCCCCC)(CCCCCCCC)Cc1ccc(C(F)(F)F)cc1.[Cl-]. The van der Waals surface area contributed by atoms with Gasteiger partial charge in [0.05, 0.1) is 30.2 Å². The molecular formula is C32H57ClF3P. The molecule has 0 saturated heterocycles. The number of halogens is 4. The highest BCUT2D eigenvalue weighted by Crippen LogP contribution is 2.63. The normalized spacial score (nSPS) is 12.1. The summed E-state index contributed by atoms with van der Waals surface area (Å²) in [6.45, 7) is 6.80. The molecule has 0 heterocycles. The van der Waals surface area contributed by atoms with E-state index in [9.17, 15) is 13.2 Å². The highest BCUT2D eigenvalue weighted by Gasteiger charge is 2.36. The van der Waals surface area contributed by atoms with Crippen molar-refractivity contribution >= 4 is 7.26 Å². The van der Waals surface area contributed by atoms with Gasteiger partial charge in [-0.3, -0.25) is 0 Å². The summed E-state index contributed by atoms with van der Waals surface area (Å²) in [7, 11) is -1.22. The molecule has 0 aliphatic rings. The van der Waals surface area contributed by atoms with Gasteiger partial charge in [-0.05, 0) is 56.2 Å². The standard InChI is InChI=1S/C32H57F3P.ClH/c1-4-7-10-13-16-19-26-36(27-20-17-14-11-8-5-2,28-21-18-15-12-9-6-3)29-30-22-24-31(25-23-30)32(33,34)35;/h22-25H,4-21,26-29H2,1-3H3;1H/q+1;/p-1. The van der Waals surface area contributed by atoms with Crippen LogP contribution in [0.25, 0.3) is 0 Å². The van der Waals surface area contributed by atoms with Gasteiger partial charge in [0.2, 0.25) is 0 Å². The van der Waals surface area contributed by atoms with Crippen LogP contribution >= 0.6 is 7.26 Å². The van der Waals surface area contributed by atoms with Crippen LogP contribution in [0.1, 0.15) is 147 Å². The second-order valence-corrected chi connectivity index (χ2v) is 15.5. The zero-order valence-corrected chi connectivity index (χ0v) is 26.0. The summed E-state index contributed by atoms with van der Waals surface area (Å²) in [5.41, 5.74) is 0.622. The molecule has 1 aromatic carbocycles. The largest absolute Gasteiger partial charge is 1.00 e. The molecule has 5 heteroatoms. The van der Waals surface area contributed by atoms with Crippen molar-refractivity contribution in [3.8, 4) is 0 Å². The van der Waals surface area contributed by atoms with E-state index in [2.05, 4.69) is 20.8 Å². The second-order valence-electron chi connectivity index (χ2n) is 11.2. The van der Waals surface area contributed by atoms with E-state index in [1.54, 1.807) is 12.1 Å². The fraction of sp³-hybridized carbons (Fsp3) is 0.812. The van der Waals surface area contributed by atoms with Gasteiger partial charge < -0.3 is 12.4 Å².